The lowest BCUT2D eigenvalue weighted by Crippen LogP contribution is -2.28. The predicted octanol–water partition coefficient (Wildman–Crippen LogP) is 3.53. The Bertz CT molecular complexity index is 376. The third-order valence-corrected chi connectivity index (χ3v) is 3.93. The summed E-state index contributed by atoms with van der Waals surface area (Å²) < 4.78 is 0. The minimum atomic E-state index is 0.617. The van der Waals surface area contributed by atoms with Gasteiger partial charge in [-0.3, -0.25) is 0 Å². The minimum Gasteiger partial charge on any atom is -0.379 e. The van der Waals surface area contributed by atoms with Gasteiger partial charge in [0.2, 0.25) is 0 Å². The van der Waals surface area contributed by atoms with E-state index in [1.807, 2.05) is 26.4 Å². The molecule has 1 aromatic heterocycles. The molecule has 0 aliphatic heterocycles. The van der Waals surface area contributed by atoms with Gasteiger partial charge < -0.3 is 10.2 Å². The molecule has 0 aromatic carbocycles. The molecule has 0 bridgehead atoms. The molecule has 3 heteroatoms. The van der Waals surface area contributed by atoms with Crippen LogP contribution in [0.1, 0.15) is 39.0 Å². The van der Waals surface area contributed by atoms with Crippen molar-refractivity contribution >= 4 is 11.5 Å². The minimum absolute atomic E-state index is 0.617. The van der Waals surface area contributed by atoms with Gasteiger partial charge in [0, 0.05) is 26.3 Å². The Hall–Kier alpha value is -1.25. The third-order valence-electron chi connectivity index (χ3n) is 3.93. The van der Waals surface area contributed by atoms with Crippen molar-refractivity contribution in [2.45, 2.75) is 45.1 Å². The molecular weight excluding hydrogens is 222 g/mol. The SMILES string of the molecule is CCC1CCCC(Nc2cccnc2N(C)C)C1. The zero-order chi connectivity index (χ0) is 13.0. The molecule has 0 radical (unpaired) electrons. The molecule has 1 aromatic rings. The first-order valence-electron chi connectivity index (χ1n) is 7.09. The first-order valence-corrected chi connectivity index (χ1v) is 7.09. The summed E-state index contributed by atoms with van der Waals surface area (Å²) in [6, 6.07) is 4.76. The van der Waals surface area contributed by atoms with Gasteiger partial charge in [0.05, 0.1) is 5.69 Å². The van der Waals surface area contributed by atoms with E-state index in [-0.39, 0.29) is 0 Å². The van der Waals surface area contributed by atoms with Gasteiger partial charge >= 0.3 is 0 Å². The highest BCUT2D eigenvalue weighted by molar-refractivity contribution is 5.65. The molecule has 0 amide bonds. The highest BCUT2D eigenvalue weighted by Crippen LogP contribution is 2.30. The Kier molecular flexibility index (Phi) is 4.45. The van der Waals surface area contributed by atoms with Gasteiger partial charge in [0.25, 0.3) is 0 Å². The van der Waals surface area contributed by atoms with Crippen molar-refractivity contribution in [3.63, 3.8) is 0 Å². The van der Waals surface area contributed by atoms with Gasteiger partial charge in [-0.2, -0.15) is 0 Å². The van der Waals surface area contributed by atoms with Crippen LogP contribution in [0.2, 0.25) is 0 Å². The van der Waals surface area contributed by atoms with Crippen molar-refractivity contribution in [1.82, 2.24) is 4.98 Å². The largest absolute Gasteiger partial charge is 0.379 e. The van der Waals surface area contributed by atoms with E-state index in [0.717, 1.165) is 11.7 Å². The number of hydrogen-bond acceptors (Lipinski definition) is 3. The van der Waals surface area contributed by atoms with Crippen LogP contribution in [-0.2, 0) is 0 Å². The molecule has 2 unspecified atom stereocenters. The molecule has 100 valence electrons. The van der Waals surface area contributed by atoms with E-state index in [0.29, 0.717) is 6.04 Å². The van der Waals surface area contributed by atoms with Crippen LogP contribution < -0.4 is 10.2 Å². The molecular formula is C15H25N3. The molecule has 2 rings (SSSR count). The summed E-state index contributed by atoms with van der Waals surface area (Å²) in [7, 11) is 4.09. The average molecular weight is 247 g/mol. The van der Waals surface area contributed by atoms with E-state index < -0.39 is 0 Å². The predicted molar refractivity (Wildman–Crippen MR) is 78.2 cm³/mol. The van der Waals surface area contributed by atoms with Crippen LogP contribution in [0.3, 0.4) is 0 Å². The van der Waals surface area contributed by atoms with Gasteiger partial charge in [-0.1, -0.05) is 26.2 Å². The average Bonchev–Trinajstić information content (AvgIpc) is 2.39. The summed E-state index contributed by atoms with van der Waals surface area (Å²) in [5.74, 6) is 1.94. The maximum atomic E-state index is 4.45. The van der Waals surface area contributed by atoms with Crippen LogP contribution in [0.5, 0.6) is 0 Å². The van der Waals surface area contributed by atoms with Crippen LogP contribution in [0.4, 0.5) is 11.5 Å². The Morgan fingerprint density at radius 1 is 1.39 bits per heavy atom. The normalized spacial score (nSPS) is 23.7. The second-order valence-corrected chi connectivity index (χ2v) is 5.55. The van der Waals surface area contributed by atoms with E-state index in [2.05, 4.69) is 28.2 Å². The zero-order valence-electron chi connectivity index (χ0n) is 11.8. The zero-order valence-corrected chi connectivity index (χ0v) is 11.8. The van der Waals surface area contributed by atoms with E-state index in [4.69, 9.17) is 0 Å². The van der Waals surface area contributed by atoms with Crippen molar-refractivity contribution in [3.8, 4) is 0 Å². The summed E-state index contributed by atoms with van der Waals surface area (Å²) >= 11 is 0. The number of anilines is 2. The van der Waals surface area contributed by atoms with Crippen LogP contribution in [0, 0.1) is 5.92 Å². The van der Waals surface area contributed by atoms with E-state index in [1.165, 1.54) is 37.8 Å². The lowest BCUT2D eigenvalue weighted by atomic mass is 9.84. The maximum Gasteiger partial charge on any atom is 0.151 e. The van der Waals surface area contributed by atoms with Gasteiger partial charge in [-0.15, -0.1) is 0 Å². The van der Waals surface area contributed by atoms with E-state index in [9.17, 15) is 0 Å². The van der Waals surface area contributed by atoms with Crippen LogP contribution in [0.25, 0.3) is 0 Å². The second kappa shape index (κ2) is 6.07. The van der Waals surface area contributed by atoms with E-state index in [1.54, 1.807) is 0 Å². The molecule has 1 aliphatic rings. The smallest absolute Gasteiger partial charge is 0.151 e. The number of nitrogens with zero attached hydrogens (tertiary/aromatic N) is 2. The number of rotatable bonds is 4. The Labute approximate surface area is 111 Å². The molecule has 3 nitrogen and oxygen atoms in total. The molecule has 0 spiro atoms. The summed E-state index contributed by atoms with van der Waals surface area (Å²) in [5.41, 5.74) is 1.17. The molecule has 1 saturated carbocycles. The summed E-state index contributed by atoms with van der Waals surface area (Å²) in [5, 5.41) is 3.69. The highest BCUT2D eigenvalue weighted by Gasteiger charge is 2.21. The number of hydrogen-bond donors (Lipinski definition) is 1. The van der Waals surface area contributed by atoms with E-state index >= 15 is 0 Å². The number of pyridine rings is 1. The van der Waals surface area contributed by atoms with Gasteiger partial charge in [0.15, 0.2) is 5.82 Å². The van der Waals surface area contributed by atoms with Crippen LogP contribution >= 0.6 is 0 Å². The highest BCUT2D eigenvalue weighted by atomic mass is 15.2. The fraction of sp³-hybridized carbons (Fsp3) is 0.667. The van der Waals surface area contributed by atoms with Crippen molar-refractivity contribution in [1.29, 1.82) is 0 Å². The summed E-state index contributed by atoms with van der Waals surface area (Å²) in [6.45, 7) is 2.31. The fourth-order valence-electron chi connectivity index (χ4n) is 2.88. The lowest BCUT2D eigenvalue weighted by molar-refractivity contribution is 0.327. The molecule has 2 atom stereocenters. The fourth-order valence-corrected chi connectivity index (χ4v) is 2.88. The van der Waals surface area contributed by atoms with Crippen LogP contribution in [0.15, 0.2) is 18.3 Å². The van der Waals surface area contributed by atoms with Gasteiger partial charge in [-0.05, 0) is 30.9 Å². The van der Waals surface area contributed by atoms with Crippen molar-refractivity contribution in [2.24, 2.45) is 5.92 Å². The third kappa shape index (κ3) is 3.15. The Morgan fingerprint density at radius 2 is 2.22 bits per heavy atom. The summed E-state index contributed by atoms with van der Waals surface area (Å²) in [4.78, 5) is 6.52. The van der Waals surface area contributed by atoms with Crippen molar-refractivity contribution in [3.05, 3.63) is 18.3 Å². The first-order chi connectivity index (χ1) is 8.70. The molecule has 1 N–H and O–H groups in total. The molecule has 1 aliphatic carbocycles. The quantitative estimate of drug-likeness (QED) is 0.882. The maximum absolute atomic E-state index is 4.45. The van der Waals surface area contributed by atoms with Crippen LogP contribution in [-0.4, -0.2) is 25.1 Å². The van der Waals surface area contributed by atoms with Gasteiger partial charge in [-0.25, -0.2) is 4.98 Å². The topological polar surface area (TPSA) is 28.2 Å². The standard InChI is InChI=1S/C15H25N3/c1-4-12-7-5-8-13(11-12)17-14-9-6-10-16-15(14)18(2)3/h6,9-10,12-13,17H,4-5,7-8,11H2,1-3H3. The van der Waals surface area contributed by atoms with Crippen molar-refractivity contribution < 1.29 is 0 Å². The number of aromatic nitrogens is 1. The van der Waals surface area contributed by atoms with Crippen molar-refractivity contribution in [2.75, 3.05) is 24.3 Å². The second-order valence-electron chi connectivity index (χ2n) is 5.55. The summed E-state index contributed by atoms with van der Waals surface area (Å²) in [6.07, 6.45) is 8.52. The number of nitrogens with one attached hydrogen (secondary N) is 1. The molecule has 1 fully saturated rings. The molecule has 1 heterocycles. The molecule has 0 saturated heterocycles. The Morgan fingerprint density at radius 3 is 2.94 bits per heavy atom. The lowest BCUT2D eigenvalue weighted by Gasteiger charge is -2.30. The Balaban J connectivity index is 2.04. The molecule has 18 heavy (non-hydrogen) atoms. The monoisotopic (exact) mass is 247 g/mol. The first kappa shape index (κ1) is 13.2. The van der Waals surface area contributed by atoms with Gasteiger partial charge in [0.1, 0.15) is 0 Å².